The van der Waals surface area contributed by atoms with Crippen LogP contribution in [0.3, 0.4) is 0 Å². The lowest BCUT2D eigenvalue weighted by atomic mass is 9.67. The molecular formula is C17H23N3OS. The molecular weight excluding hydrogens is 294 g/mol. The quantitative estimate of drug-likeness (QED) is 0.885. The average Bonchev–Trinajstić information content (AvgIpc) is 2.89. The number of nitrogens with zero attached hydrogens (tertiary/aromatic N) is 2. The number of rotatable bonds is 5. The van der Waals surface area contributed by atoms with E-state index in [1.165, 1.54) is 60.8 Å². The van der Waals surface area contributed by atoms with E-state index in [1.54, 1.807) is 6.33 Å². The standard InChI is InChI=1S/C17H23N3OS/c21-9-8-17(6-3-7-17)10-18-15-14-12-4-1-2-5-13(12)22-16(14)20-11-19-15/h11,21H,1-10H2,(H,18,19,20). The van der Waals surface area contributed by atoms with E-state index in [1.807, 2.05) is 11.3 Å². The van der Waals surface area contributed by atoms with Gasteiger partial charge < -0.3 is 10.4 Å². The molecule has 1 fully saturated rings. The molecule has 0 unspecified atom stereocenters. The molecule has 0 bridgehead atoms. The van der Waals surface area contributed by atoms with Crippen LogP contribution in [0.2, 0.25) is 0 Å². The molecule has 2 aromatic heterocycles. The SMILES string of the molecule is OCCC1(CNc2ncnc3sc4c(c23)CCCC4)CCC1. The second-order valence-electron chi connectivity index (χ2n) is 6.79. The van der Waals surface area contributed by atoms with Gasteiger partial charge in [0.25, 0.3) is 0 Å². The number of aliphatic hydroxyl groups is 1. The molecule has 0 amide bonds. The van der Waals surface area contributed by atoms with E-state index in [0.717, 1.165) is 23.6 Å². The number of hydrogen-bond donors (Lipinski definition) is 2. The van der Waals surface area contributed by atoms with Crippen LogP contribution in [0.4, 0.5) is 5.82 Å². The molecule has 2 heterocycles. The molecule has 2 N–H and O–H groups in total. The maximum absolute atomic E-state index is 9.31. The van der Waals surface area contributed by atoms with Crippen LogP contribution in [0.15, 0.2) is 6.33 Å². The summed E-state index contributed by atoms with van der Waals surface area (Å²) in [4.78, 5) is 11.7. The van der Waals surface area contributed by atoms with Crippen molar-refractivity contribution in [2.45, 2.75) is 51.4 Å². The van der Waals surface area contributed by atoms with Gasteiger partial charge in [-0.3, -0.25) is 0 Å². The fourth-order valence-corrected chi connectivity index (χ4v) is 5.15. The highest BCUT2D eigenvalue weighted by molar-refractivity contribution is 7.19. The maximum Gasteiger partial charge on any atom is 0.138 e. The summed E-state index contributed by atoms with van der Waals surface area (Å²) in [6.45, 7) is 1.21. The molecule has 2 aliphatic carbocycles. The van der Waals surface area contributed by atoms with Crippen molar-refractivity contribution in [3.8, 4) is 0 Å². The first-order valence-corrected chi connectivity index (χ1v) is 9.23. The minimum absolute atomic E-state index is 0.280. The van der Waals surface area contributed by atoms with Crippen LogP contribution < -0.4 is 5.32 Å². The fourth-order valence-electron chi connectivity index (χ4n) is 3.92. The first kappa shape index (κ1) is 14.4. The first-order chi connectivity index (χ1) is 10.8. The van der Waals surface area contributed by atoms with Gasteiger partial charge in [0.15, 0.2) is 0 Å². The second-order valence-corrected chi connectivity index (χ2v) is 7.88. The molecule has 0 atom stereocenters. The van der Waals surface area contributed by atoms with Gasteiger partial charge >= 0.3 is 0 Å². The van der Waals surface area contributed by atoms with Crippen LogP contribution in [0, 0.1) is 5.41 Å². The van der Waals surface area contributed by atoms with Crippen molar-refractivity contribution < 1.29 is 5.11 Å². The zero-order chi connectivity index (χ0) is 15.0. The summed E-state index contributed by atoms with van der Waals surface area (Å²) in [5.41, 5.74) is 1.77. The summed E-state index contributed by atoms with van der Waals surface area (Å²) < 4.78 is 0. The average molecular weight is 317 g/mol. The lowest BCUT2D eigenvalue weighted by Gasteiger charge is -2.42. The van der Waals surface area contributed by atoms with Crippen molar-refractivity contribution in [3.63, 3.8) is 0 Å². The molecule has 4 rings (SSSR count). The smallest absolute Gasteiger partial charge is 0.138 e. The van der Waals surface area contributed by atoms with E-state index < -0.39 is 0 Å². The summed E-state index contributed by atoms with van der Waals surface area (Å²) in [5, 5.41) is 14.2. The summed E-state index contributed by atoms with van der Waals surface area (Å²) in [6, 6.07) is 0. The Balaban J connectivity index is 1.62. The van der Waals surface area contributed by atoms with E-state index in [0.29, 0.717) is 0 Å². The van der Waals surface area contributed by atoms with Gasteiger partial charge in [-0.25, -0.2) is 9.97 Å². The predicted octanol–water partition coefficient (Wildman–Crippen LogP) is 3.53. The Bertz CT molecular complexity index is 678. The van der Waals surface area contributed by atoms with Crippen molar-refractivity contribution >= 4 is 27.4 Å². The Morgan fingerprint density at radius 1 is 1.18 bits per heavy atom. The van der Waals surface area contributed by atoms with Crippen LogP contribution in [0.1, 0.15) is 49.0 Å². The van der Waals surface area contributed by atoms with Gasteiger partial charge in [-0.15, -0.1) is 11.3 Å². The molecule has 5 heteroatoms. The van der Waals surface area contributed by atoms with Gasteiger partial charge in [0.05, 0.1) is 5.39 Å². The maximum atomic E-state index is 9.31. The molecule has 1 saturated carbocycles. The molecule has 2 aromatic rings. The van der Waals surface area contributed by atoms with Gasteiger partial charge in [-0.1, -0.05) is 6.42 Å². The monoisotopic (exact) mass is 317 g/mol. The number of thiophene rings is 1. The van der Waals surface area contributed by atoms with E-state index in [-0.39, 0.29) is 12.0 Å². The lowest BCUT2D eigenvalue weighted by molar-refractivity contribution is 0.102. The molecule has 0 aromatic carbocycles. The summed E-state index contributed by atoms with van der Waals surface area (Å²) >= 11 is 1.85. The number of nitrogens with one attached hydrogen (secondary N) is 1. The molecule has 0 aliphatic heterocycles. The topological polar surface area (TPSA) is 58.0 Å². The van der Waals surface area contributed by atoms with E-state index in [4.69, 9.17) is 0 Å². The molecule has 2 aliphatic rings. The summed E-state index contributed by atoms with van der Waals surface area (Å²) in [7, 11) is 0. The first-order valence-electron chi connectivity index (χ1n) is 8.41. The third-order valence-electron chi connectivity index (χ3n) is 5.44. The Kier molecular flexibility index (Phi) is 3.78. The van der Waals surface area contributed by atoms with Gasteiger partial charge in [-0.2, -0.15) is 0 Å². The van der Waals surface area contributed by atoms with Crippen LogP contribution in [0.5, 0.6) is 0 Å². The molecule has 0 saturated heterocycles. The molecule has 118 valence electrons. The zero-order valence-corrected chi connectivity index (χ0v) is 13.7. The molecule has 22 heavy (non-hydrogen) atoms. The van der Waals surface area contributed by atoms with Crippen molar-refractivity contribution in [1.82, 2.24) is 9.97 Å². The Morgan fingerprint density at radius 3 is 2.82 bits per heavy atom. The second kappa shape index (κ2) is 5.78. The van der Waals surface area contributed by atoms with Gasteiger partial charge in [0.1, 0.15) is 17.0 Å². The largest absolute Gasteiger partial charge is 0.396 e. The van der Waals surface area contributed by atoms with Gasteiger partial charge in [-0.05, 0) is 55.9 Å². The number of aromatic nitrogens is 2. The van der Waals surface area contributed by atoms with Crippen LogP contribution in [-0.2, 0) is 12.8 Å². The van der Waals surface area contributed by atoms with Crippen molar-refractivity contribution in [2.24, 2.45) is 5.41 Å². The number of hydrogen-bond acceptors (Lipinski definition) is 5. The highest BCUT2D eigenvalue weighted by Gasteiger charge is 2.36. The predicted molar refractivity (Wildman–Crippen MR) is 90.5 cm³/mol. The molecule has 0 radical (unpaired) electrons. The highest BCUT2D eigenvalue weighted by atomic mass is 32.1. The number of fused-ring (bicyclic) bond motifs is 3. The normalized spacial score (nSPS) is 19.7. The highest BCUT2D eigenvalue weighted by Crippen LogP contribution is 2.44. The van der Waals surface area contributed by atoms with E-state index in [2.05, 4.69) is 15.3 Å². The van der Waals surface area contributed by atoms with Crippen LogP contribution in [0.25, 0.3) is 10.2 Å². The molecule has 0 spiro atoms. The minimum atomic E-state index is 0.280. The fraction of sp³-hybridized carbons (Fsp3) is 0.647. The Labute approximate surface area is 135 Å². The van der Waals surface area contributed by atoms with Crippen LogP contribution in [-0.4, -0.2) is 28.2 Å². The van der Waals surface area contributed by atoms with Gasteiger partial charge in [0.2, 0.25) is 0 Å². The lowest BCUT2D eigenvalue weighted by Crippen LogP contribution is -2.37. The molecule has 4 nitrogen and oxygen atoms in total. The van der Waals surface area contributed by atoms with Crippen molar-refractivity contribution in [1.29, 1.82) is 0 Å². The van der Waals surface area contributed by atoms with Gasteiger partial charge in [0, 0.05) is 18.0 Å². The van der Waals surface area contributed by atoms with Crippen LogP contribution >= 0.6 is 11.3 Å². The summed E-state index contributed by atoms with van der Waals surface area (Å²) in [5.74, 6) is 1.01. The number of aryl methyl sites for hydroxylation is 2. The minimum Gasteiger partial charge on any atom is -0.396 e. The van der Waals surface area contributed by atoms with E-state index in [9.17, 15) is 5.11 Å². The zero-order valence-electron chi connectivity index (χ0n) is 12.9. The third-order valence-corrected chi connectivity index (χ3v) is 6.64. The number of aliphatic hydroxyl groups excluding tert-OH is 1. The van der Waals surface area contributed by atoms with Crippen molar-refractivity contribution in [2.75, 3.05) is 18.5 Å². The van der Waals surface area contributed by atoms with Crippen molar-refractivity contribution in [3.05, 3.63) is 16.8 Å². The third kappa shape index (κ3) is 2.40. The Hall–Kier alpha value is -1.20. The Morgan fingerprint density at radius 2 is 2.05 bits per heavy atom. The number of anilines is 1. The van der Waals surface area contributed by atoms with E-state index >= 15 is 0 Å². The summed E-state index contributed by atoms with van der Waals surface area (Å²) in [6.07, 6.45) is 11.3.